The molecule has 2 heterocycles. The van der Waals surface area contributed by atoms with Crippen molar-refractivity contribution in [2.24, 2.45) is 0 Å². The van der Waals surface area contributed by atoms with E-state index in [1.807, 2.05) is 6.07 Å². The minimum Gasteiger partial charge on any atom is -0.312 e. The first-order valence-corrected chi connectivity index (χ1v) is 5.10. The Morgan fingerprint density at radius 2 is 2.46 bits per heavy atom. The summed E-state index contributed by atoms with van der Waals surface area (Å²) >= 11 is 3.39. The number of halogens is 1. The lowest BCUT2D eigenvalue weighted by Crippen LogP contribution is -2.25. The van der Waals surface area contributed by atoms with E-state index in [9.17, 15) is 4.79 Å². The molecule has 0 aromatic carbocycles. The molecule has 0 atom stereocenters. The second-order valence-corrected chi connectivity index (χ2v) is 4.03. The molecule has 70 valence electrons. The number of nitrogens with one attached hydrogen (secondary N) is 1. The molecule has 0 bridgehead atoms. The summed E-state index contributed by atoms with van der Waals surface area (Å²) in [5.41, 5.74) is 2.38. The van der Waals surface area contributed by atoms with E-state index in [2.05, 4.69) is 21.2 Å². The van der Waals surface area contributed by atoms with E-state index in [4.69, 9.17) is 0 Å². The highest BCUT2D eigenvalue weighted by Gasteiger charge is 2.18. The van der Waals surface area contributed by atoms with Crippen LogP contribution in [0.25, 0.3) is 0 Å². The predicted molar refractivity (Wildman–Crippen MR) is 53.8 cm³/mol. The van der Waals surface area contributed by atoms with Crippen molar-refractivity contribution in [2.45, 2.75) is 19.9 Å². The standard InChI is InChI=1S/C9H11BrN2O/c1-6(13)12-8-2-3-11-5-7(8)4-9(12)10/h4,11H,2-3,5H2,1H3. The quantitative estimate of drug-likeness (QED) is 0.750. The van der Waals surface area contributed by atoms with Gasteiger partial charge >= 0.3 is 0 Å². The fourth-order valence-corrected chi connectivity index (χ4v) is 2.50. The Morgan fingerprint density at radius 1 is 1.69 bits per heavy atom. The van der Waals surface area contributed by atoms with Crippen molar-refractivity contribution in [1.82, 2.24) is 9.88 Å². The summed E-state index contributed by atoms with van der Waals surface area (Å²) in [4.78, 5) is 11.3. The molecule has 1 N–H and O–H groups in total. The summed E-state index contributed by atoms with van der Waals surface area (Å²) in [5, 5.41) is 3.27. The second kappa shape index (κ2) is 3.27. The Kier molecular flexibility index (Phi) is 2.26. The number of hydrogen-bond acceptors (Lipinski definition) is 2. The lowest BCUT2D eigenvalue weighted by molar-refractivity contribution is 0.0931. The molecule has 0 radical (unpaired) electrons. The Balaban J connectivity index is 2.54. The highest BCUT2D eigenvalue weighted by atomic mass is 79.9. The van der Waals surface area contributed by atoms with Crippen LogP contribution in [-0.2, 0) is 13.0 Å². The Bertz CT molecular complexity index is 357. The zero-order valence-corrected chi connectivity index (χ0v) is 9.02. The van der Waals surface area contributed by atoms with Gasteiger partial charge in [0.05, 0.1) is 4.60 Å². The van der Waals surface area contributed by atoms with Gasteiger partial charge in [-0.25, -0.2) is 0 Å². The van der Waals surface area contributed by atoms with Gasteiger partial charge in [-0.3, -0.25) is 9.36 Å². The van der Waals surface area contributed by atoms with Crippen molar-refractivity contribution < 1.29 is 4.79 Å². The minimum absolute atomic E-state index is 0.0787. The smallest absolute Gasteiger partial charge is 0.228 e. The summed E-state index contributed by atoms with van der Waals surface area (Å²) in [5.74, 6) is 0.0787. The van der Waals surface area contributed by atoms with Crippen LogP contribution < -0.4 is 5.32 Å². The first-order chi connectivity index (χ1) is 6.20. The molecule has 3 nitrogen and oxygen atoms in total. The molecule has 4 heteroatoms. The molecule has 1 aromatic rings. The van der Waals surface area contributed by atoms with Crippen molar-refractivity contribution in [2.75, 3.05) is 6.54 Å². The van der Waals surface area contributed by atoms with Gasteiger partial charge in [-0.1, -0.05) is 0 Å². The van der Waals surface area contributed by atoms with Crippen LogP contribution in [-0.4, -0.2) is 17.0 Å². The second-order valence-electron chi connectivity index (χ2n) is 3.22. The Hall–Kier alpha value is -0.610. The van der Waals surface area contributed by atoms with Crippen LogP contribution >= 0.6 is 15.9 Å². The lowest BCUT2D eigenvalue weighted by Gasteiger charge is -2.15. The van der Waals surface area contributed by atoms with Gasteiger partial charge in [0, 0.05) is 32.1 Å². The maximum Gasteiger partial charge on any atom is 0.228 e. The zero-order chi connectivity index (χ0) is 9.42. The third-order valence-corrected chi connectivity index (χ3v) is 2.90. The van der Waals surface area contributed by atoms with Crippen molar-refractivity contribution in [3.8, 4) is 0 Å². The van der Waals surface area contributed by atoms with Crippen LogP contribution in [0.4, 0.5) is 0 Å². The number of aromatic nitrogens is 1. The van der Waals surface area contributed by atoms with Crippen molar-refractivity contribution in [3.05, 3.63) is 21.9 Å². The van der Waals surface area contributed by atoms with Crippen LogP contribution in [0.2, 0.25) is 0 Å². The Morgan fingerprint density at radius 3 is 3.15 bits per heavy atom. The van der Waals surface area contributed by atoms with Crippen molar-refractivity contribution in [3.63, 3.8) is 0 Å². The van der Waals surface area contributed by atoms with E-state index in [1.54, 1.807) is 11.5 Å². The first-order valence-electron chi connectivity index (χ1n) is 4.31. The molecule has 0 aliphatic carbocycles. The first kappa shape index (κ1) is 8.97. The summed E-state index contributed by atoms with van der Waals surface area (Å²) in [6.45, 7) is 3.41. The molecule has 1 aromatic heterocycles. The van der Waals surface area contributed by atoms with Crippen LogP contribution in [0, 0.1) is 0 Å². The van der Waals surface area contributed by atoms with Crippen LogP contribution in [0.15, 0.2) is 10.7 Å². The maximum atomic E-state index is 11.3. The molecule has 2 rings (SSSR count). The molecule has 0 unspecified atom stereocenters. The van der Waals surface area contributed by atoms with E-state index >= 15 is 0 Å². The highest BCUT2D eigenvalue weighted by molar-refractivity contribution is 9.10. The van der Waals surface area contributed by atoms with Crippen LogP contribution in [0.1, 0.15) is 23.0 Å². The van der Waals surface area contributed by atoms with Gasteiger partial charge in [0.1, 0.15) is 0 Å². The maximum absolute atomic E-state index is 11.3. The molecular formula is C9H11BrN2O. The molecule has 1 aliphatic rings. The number of hydrogen-bond donors (Lipinski definition) is 1. The number of rotatable bonds is 0. The van der Waals surface area contributed by atoms with E-state index in [1.165, 1.54) is 5.56 Å². The van der Waals surface area contributed by atoms with E-state index in [0.717, 1.165) is 29.8 Å². The predicted octanol–water partition coefficient (Wildman–Crippen LogP) is 1.56. The molecule has 1 aliphatic heterocycles. The topological polar surface area (TPSA) is 34.0 Å². The van der Waals surface area contributed by atoms with E-state index < -0.39 is 0 Å². The summed E-state index contributed by atoms with van der Waals surface area (Å²) < 4.78 is 2.62. The number of fused-ring (bicyclic) bond motifs is 1. The number of nitrogens with zero attached hydrogens (tertiary/aromatic N) is 1. The number of carbonyl (C=O) groups is 1. The highest BCUT2D eigenvalue weighted by Crippen LogP contribution is 2.23. The van der Waals surface area contributed by atoms with Crippen molar-refractivity contribution >= 4 is 21.8 Å². The summed E-state index contributed by atoms with van der Waals surface area (Å²) in [6, 6.07) is 2.02. The van der Waals surface area contributed by atoms with Gasteiger partial charge < -0.3 is 5.32 Å². The number of carbonyl (C=O) groups excluding carboxylic acids is 1. The third kappa shape index (κ3) is 1.44. The van der Waals surface area contributed by atoms with E-state index in [-0.39, 0.29) is 5.91 Å². The largest absolute Gasteiger partial charge is 0.312 e. The van der Waals surface area contributed by atoms with Gasteiger partial charge in [0.2, 0.25) is 5.91 Å². The average Bonchev–Trinajstić information content (AvgIpc) is 2.39. The zero-order valence-electron chi connectivity index (χ0n) is 7.43. The molecule has 0 saturated heterocycles. The van der Waals surface area contributed by atoms with Crippen LogP contribution in [0.3, 0.4) is 0 Å². The molecule has 0 amide bonds. The molecule has 0 fully saturated rings. The van der Waals surface area contributed by atoms with Gasteiger partial charge in [-0.2, -0.15) is 0 Å². The minimum atomic E-state index is 0.0787. The molecular weight excluding hydrogens is 232 g/mol. The van der Waals surface area contributed by atoms with Gasteiger partial charge in [-0.15, -0.1) is 0 Å². The normalized spacial score (nSPS) is 15.5. The lowest BCUT2D eigenvalue weighted by atomic mass is 10.1. The van der Waals surface area contributed by atoms with Gasteiger partial charge in [0.25, 0.3) is 0 Å². The van der Waals surface area contributed by atoms with Crippen LogP contribution in [0.5, 0.6) is 0 Å². The van der Waals surface area contributed by atoms with Gasteiger partial charge in [0.15, 0.2) is 0 Å². The monoisotopic (exact) mass is 242 g/mol. The Labute approximate surface area is 85.2 Å². The fraction of sp³-hybridized carbons (Fsp3) is 0.444. The average molecular weight is 243 g/mol. The fourth-order valence-electron chi connectivity index (χ4n) is 1.76. The van der Waals surface area contributed by atoms with Crippen molar-refractivity contribution in [1.29, 1.82) is 0 Å². The summed E-state index contributed by atoms with van der Waals surface area (Å²) in [7, 11) is 0. The SMILES string of the molecule is CC(=O)n1c(Br)cc2c1CCNC2. The molecule has 13 heavy (non-hydrogen) atoms. The molecule has 0 saturated carbocycles. The third-order valence-electron chi connectivity index (χ3n) is 2.32. The summed E-state index contributed by atoms with van der Waals surface area (Å²) in [6.07, 6.45) is 0.931. The van der Waals surface area contributed by atoms with E-state index in [0.29, 0.717) is 0 Å². The van der Waals surface area contributed by atoms with Gasteiger partial charge in [-0.05, 0) is 27.6 Å². The molecule has 0 spiro atoms.